The van der Waals surface area contributed by atoms with Gasteiger partial charge in [0, 0.05) is 60.9 Å². The lowest BCUT2D eigenvalue weighted by molar-refractivity contribution is -0.146. The molecule has 0 bridgehead atoms. The molecule has 350 valence electrons. The molecule has 19 heteroatoms. The first-order valence-electron chi connectivity index (χ1n) is 22.0. The molecule has 2 unspecified atom stereocenters. The zero-order valence-electron chi connectivity index (χ0n) is 38.3. The zero-order chi connectivity index (χ0) is 46.9. The first kappa shape index (κ1) is 48.4. The summed E-state index contributed by atoms with van der Waals surface area (Å²) in [5.41, 5.74) is -0.401. The molecule has 3 fully saturated rings. The second kappa shape index (κ2) is 19.2. The Morgan fingerprint density at radius 2 is 1.78 bits per heavy atom. The van der Waals surface area contributed by atoms with Crippen LogP contribution in [0.5, 0.6) is 11.5 Å². The summed E-state index contributed by atoms with van der Waals surface area (Å²) in [5.74, 6) is -2.08. The molecule has 1 aliphatic heterocycles. The molecule has 2 aromatic heterocycles. The number of carboxylic acid groups (broad SMARTS) is 1. The van der Waals surface area contributed by atoms with Gasteiger partial charge in [-0.1, -0.05) is 39.7 Å². The highest BCUT2D eigenvalue weighted by Gasteiger charge is 2.61. The van der Waals surface area contributed by atoms with Crippen LogP contribution in [-0.2, 0) is 24.4 Å². The minimum Gasteiger partial charge on any atom is -0.497 e. The lowest BCUT2D eigenvalue weighted by Crippen LogP contribution is -2.60. The molecule has 3 aromatic rings. The summed E-state index contributed by atoms with van der Waals surface area (Å²) < 4.78 is 39.6. The van der Waals surface area contributed by atoms with Crippen LogP contribution in [-0.4, -0.2) is 125 Å². The van der Waals surface area contributed by atoms with E-state index in [1.807, 2.05) is 46.1 Å². The number of carbonyl (C=O) groups is 4. The molecular formula is C45H64N8O9S2. The van der Waals surface area contributed by atoms with Gasteiger partial charge in [-0.25, -0.2) is 32.3 Å². The Morgan fingerprint density at radius 1 is 1.08 bits per heavy atom. The topological polar surface area (TPSA) is 221 Å². The maximum absolute atomic E-state index is 15.1. The van der Waals surface area contributed by atoms with Gasteiger partial charge in [-0.15, -0.1) is 17.9 Å². The molecule has 1 saturated heterocycles. The highest BCUT2D eigenvalue weighted by molar-refractivity contribution is 7.89. The number of nitrogens with one attached hydrogen (secondary N) is 4. The van der Waals surface area contributed by atoms with Gasteiger partial charge in [0.2, 0.25) is 21.8 Å². The quantitative estimate of drug-likeness (QED) is 0.0982. The van der Waals surface area contributed by atoms with Crippen LogP contribution in [0.25, 0.3) is 22.3 Å². The molecule has 64 heavy (non-hydrogen) atoms. The fourth-order valence-electron chi connectivity index (χ4n) is 8.56. The van der Waals surface area contributed by atoms with Gasteiger partial charge in [0.25, 0.3) is 0 Å². The van der Waals surface area contributed by atoms with Crippen molar-refractivity contribution in [2.45, 2.75) is 128 Å². The van der Waals surface area contributed by atoms with E-state index in [1.54, 1.807) is 39.2 Å². The number of fused-ring (bicyclic) bond motifs is 1. The van der Waals surface area contributed by atoms with Gasteiger partial charge in [0.15, 0.2) is 5.13 Å². The van der Waals surface area contributed by atoms with Gasteiger partial charge in [-0.2, -0.15) is 0 Å². The second-order valence-electron chi connectivity index (χ2n) is 19.0. The number of methoxy groups -OCH3 is 1. The molecule has 1 aromatic carbocycles. The number of sulfonamides is 1. The highest BCUT2D eigenvalue weighted by atomic mass is 32.2. The lowest BCUT2D eigenvalue weighted by Gasteiger charge is -2.36. The maximum Gasteiger partial charge on any atom is 0.330 e. The molecule has 0 spiro atoms. The smallest absolute Gasteiger partial charge is 0.330 e. The Morgan fingerprint density at radius 3 is 2.38 bits per heavy atom. The maximum atomic E-state index is 15.1. The average molecular weight is 925 g/mol. The van der Waals surface area contributed by atoms with E-state index in [-0.39, 0.29) is 37.9 Å². The minimum atomic E-state index is -3.63. The number of thiazole rings is 1. The van der Waals surface area contributed by atoms with Crippen LogP contribution >= 0.6 is 11.3 Å². The Hall–Kier alpha value is -5.01. The molecule has 5 N–H and O–H groups in total. The number of benzene rings is 1. The van der Waals surface area contributed by atoms with Crippen LogP contribution in [0.15, 0.2) is 42.3 Å². The van der Waals surface area contributed by atoms with Gasteiger partial charge >= 0.3 is 12.0 Å². The molecule has 6 atom stereocenters. The van der Waals surface area contributed by atoms with Crippen LogP contribution < -0.4 is 30.7 Å². The van der Waals surface area contributed by atoms with Crippen LogP contribution in [0.2, 0.25) is 0 Å². The number of amides is 4. The predicted octanol–water partition coefficient (Wildman–Crippen LogP) is 5.62. The Labute approximate surface area is 380 Å². The molecule has 2 saturated carbocycles. The summed E-state index contributed by atoms with van der Waals surface area (Å²) in [6, 6.07) is 3.86. The molecule has 0 radical (unpaired) electrons. The summed E-state index contributed by atoms with van der Waals surface area (Å²) in [4.78, 5) is 67.1. The van der Waals surface area contributed by atoms with E-state index < -0.39 is 80.2 Å². The average Bonchev–Trinajstić information content (AvgIpc) is 3.66. The van der Waals surface area contributed by atoms with Crippen LogP contribution in [0.4, 0.5) is 9.93 Å². The third kappa shape index (κ3) is 10.6. The van der Waals surface area contributed by atoms with E-state index in [4.69, 9.17) is 19.4 Å². The number of urea groups is 1. The summed E-state index contributed by atoms with van der Waals surface area (Å²) in [7, 11) is -0.585. The third-order valence-corrected chi connectivity index (χ3v) is 15.6. The lowest BCUT2D eigenvalue weighted by atomic mass is 9.86. The van der Waals surface area contributed by atoms with Gasteiger partial charge in [0.1, 0.15) is 40.9 Å². The van der Waals surface area contributed by atoms with Gasteiger partial charge in [-0.05, 0) is 70.4 Å². The van der Waals surface area contributed by atoms with E-state index in [0.29, 0.717) is 46.6 Å². The number of likely N-dealkylation sites (N-methyl/N-ethyl adjacent to an activating group) is 1. The van der Waals surface area contributed by atoms with Crippen LogP contribution in [0, 0.1) is 17.3 Å². The van der Waals surface area contributed by atoms with Gasteiger partial charge in [-0.3, -0.25) is 9.59 Å². The van der Waals surface area contributed by atoms with Crippen LogP contribution in [0.1, 0.15) is 87.0 Å². The number of likely N-dealkylation sites (tertiary alicyclic amines) is 1. The molecule has 3 heterocycles. The minimum absolute atomic E-state index is 0.000542. The molecule has 2 aliphatic carbocycles. The molecule has 4 amide bonds. The monoisotopic (exact) mass is 924 g/mol. The van der Waals surface area contributed by atoms with Crippen molar-refractivity contribution < 1.29 is 42.2 Å². The standard InChI is InChI=1S/C45H64N8O9S2/c1-11-28-21-45(28,41(56)57)51-39(54)35-19-30(62-36-20-33(34-24-63-43(48-34)46-25(2)3)47-32-18-29(61-10)16-17-31(32)36)22-53(35)40(55)38(27-14-12-13-15-27)50-42(58)49-37(44(6,7)8)23-52(9)64(59,60)26(4)5/h11,16-18,20,24-28,30,35,37-38H,1,12-15,19,21-23H2,2-10H3,(H,46,48)(H,51,54)(H,56,57)(H2,49,50,58)/t28?,30-,35+,37?,38+,45-/m1/s1. The first-order chi connectivity index (χ1) is 30.1. The number of carboxylic acids is 1. The first-order valence-corrected chi connectivity index (χ1v) is 24.3. The van der Waals surface area contributed by atoms with E-state index in [0.717, 1.165) is 18.0 Å². The van der Waals surface area contributed by atoms with Crippen molar-refractivity contribution in [3.63, 3.8) is 0 Å². The number of ether oxygens (including phenoxy) is 2. The summed E-state index contributed by atoms with van der Waals surface area (Å²) >= 11 is 1.45. The Bertz CT molecular complexity index is 2340. The summed E-state index contributed by atoms with van der Waals surface area (Å²) in [5, 5.41) is 24.8. The van der Waals surface area contributed by atoms with E-state index >= 15 is 4.79 Å². The third-order valence-electron chi connectivity index (χ3n) is 12.6. The number of aliphatic carboxylic acids is 1. The Kier molecular flexibility index (Phi) is 14.5. The summed E-state index contributed by atoms with van der Waals surface area (Å²) in [6.07, 6.45) is 3.94. The van der Waals surface area contributed by atoms with Crippen molar-refractivity contribution in [1.82, 2.24) is 35.1 Å². The summed E-state index contributed by atoms with van der Waals surface area (Å²) in [6.45, 7) is 16.6. The van der Waals surface area contributed by atoms with Crippen LogP contribution in [0.3, 0.4) is 0 Å². The van der Waals surface area contributed by atoms with Gasteiger partial charge < -0.3 is 40.7 Å². The number of rotatable bonds is 18. The van der Waals surface area contributed by atoms with Crippen molar-refractivity contribution in [3.8, 4) is 22.9 Å². The van der Waals surface area contributed by atoms with E-state index in [2.05, 4.69) is 27.8 Å². The number of nitrogens with zero attached hydrogens (tertiary/aromatic N) is 4. The number of hydrogen-bond acceptors (Lipinski definition) is 12. The second-order valence-corrected chi connectivity index (χ2v) is 22.4. The predicted molar refractivity (Wildman–Crippen MR) is 247 cm³/mol. The van der Waals surface area contributed by atoms with Crippen molar-refractivity contribution in [3.05, 3.63) is 42.3 Å². The number of anilines is 1. The van der Waals surface area contributed by atoms with Gasteiger partial charge in [0.05, 0.1) is 30.1 Å². The number of pyridine rings is 1. The SMILES string of the molecule is C=CC1C[C@]1(NC(=O)[C@@H]1C[C@@H](Oc2cc(-c3csc(NC(C)C)n3)nc3cc(OC)ccc23)CN1C(=O)[C@@H](NC(=O)NC(CN(C)S(=O)(=O)C(C)C)C(C)(C)C)C1CCCC1)C(=O)O. The van der Waals surface area contributed by atoms with Crippen molar-refractivity contribution >= 4 is 61.2 Å². The van der Waals surface area contributed by atoms with Crippen molar-refractivity contribution in [1.29, 1.82) is 0 Å². The van der Waals surface area contributed by atoms with Crippen molar-refractivity contribution in [2.75, 3.05) is 32.6 Å². The van der Waals surface area contributed by atoms with E-state index in [9.17, 15) is 27.9 Å². The fraction of sp³-hybridized carbons (Fsp3) is 0.600. The fourth-order valence-corrected chi connectivity index (χ4v) is 10.5. The van der Waals surface area contributed by atoms with Crippen molar-refractivity contribution in [2.24, 2.45) is 17.3 Å². The normalized spacial score (nSPS) is 22.4. The largest absolute Gasteiger partial charge is 0.497 e. The number of aromatic nitrogens is 2. The highest BCUT2D eigenvalue weighted by Crippen LogP contribution is 2.45. The molecule has 3 aliphatic rings. The molecular weight excluding hydrogens is 861 g/mol. The number of carbonyl (C=O) groups excluding carboxylic acids is 3. The Balaban J connectivity index is 1.32. The number of hydrogen-bond donors (Lipinski definition) is 5. The van der Waals surface area contributed by atoms with E-state index in [1.165, 1.54) is 33.7 Å². The molecule has 6 rings (SSSR count). The zero-order valence-corrected chi connectivity index (χ0v) is 39.9. The molecule has 17 nitrogen and oxygen atoms in total.